The SMILES string of the molecule is CS(=O)(=O)OCCCc1ccc(OC(F)(F)F)cc1. The van der Waals surface area contributed by atoms with Crippen molar-refractivity contribution in [3.05, 3.63) is 29.8 Å². The van der Waals surface area contributed by atoms with Crippen LogP contribution in [0.5, 0.6) is 5.75 Å². The van der Waals surface area contributed by atoms with Crippen LogP contribution >= 0.6 is 0 Å². The average molecular weight is 298 g/mol. The van der Waals surface area contributed by atoms with Crippen molar-refractivity contribution in [1.29, 1.82) is 0 Å². The summed E-state index contributed by atoms with van der Waals surface area (Å²) in [7, 11) is -3.45. The highest BCUT2D eigenvalue weighted by Gasteiger charge is 2.30. The van der Waals surface area contributed by atoms with Crippen LogP contribution in [0.2, 0.25) is 0 Å². The molecule has 0 aromatic heterocycles. The van der Waals surface area contributed by atoms with E-state index >= 15 is 0 Å². The van der Waals surface area contributed by atoms with Gasteiger partial charge < -0.3 is 4.74 Å². The number of rotatable bonds is 6. The molecule has 0 radical (unpaired) electrons. The maximum atomic E-state index is 11.9. The highest BCUT2D eigenvalue weighted by atomic mass is 32.2. The summed E-state index contributed by atoms with van der Waals surface area (Å²) in [5.74, 6) is -0.288. The molecule has 0 fully saturated rings. The molecule has 0 amide bonds. The maximum Gasteiger partial charge on any atom is 0.573 e. The van der Waals surface area contributed by atoms with Crippen LogP contribution in [0.15, 0.2) is 24.3 Å². The third kappa shape index (κ3) is 7.68. The molecule has 0 atom stereocenters. The summed E-state index contributed by atoms with van der Waals surface area (Å²) in [6, 6.07) is 5.39. The Labute approximate surface area is 109 Å². The predicted octanol–water partition coefficient (Wildman–Crippen LogP) is 2.49. The first-order chi connectivity index (χ1) is 8.66. The summed E-state index contributed by atoms with van der Waals surface area (Å²) in [5.41, 5.74) is 0.770. The van der Waals surface area contributed by atoms with Crippen molar-refractivity contribution in [2.45, 2.75) is 19.2 Å². The quantitative estimate of drug-likeness (QED) is 0.598. The van der Waals surface area contributed by atoms with E-state index in [1.54, 1.807) is 0 Å². The van der Waals surface area contributed by atoms with Gasteiger partial charge in [0.05, 0.1) is 12.9 Å². The molecule has 0 aliphatic heterocycles. The van der Waals surface area contributed by atoms with Gasteiger partial charge in [-0.25, -0.2) is 0 Å². The van der Waals surface area contributed by atoms with Crippen molar-refractivity contribution in [2.24, 2.45) is 0 Å². The van der Waals surface area contributed by atoms with Gasteiger partial charge in [0.25, 0.3) is 10.1 Å². The van der Waals surface area contributed by atoms with Gasteiger partial charge in [0.2, 0.25) is 0 Å². The number of alkyl halides is 3. The predicted molar refractivity (Wildman–Crippen MR) is 62.2 cm³/mol. The molecule has 0 saturated carbocycles. The second kappa shape index (κ2) is 6.25. The summed E-state index contributed by atoms with van der Waals surface area (Å²) < 4.78 is 65.3. The molecule has 19 heavy (non-hydrogen) atoms. The molecule has 0 heterocycles. The Morgan fingerprint density at radius 2 is 1.74 bits per heavy atom. The van der Waals surface area contributed by atoms with Crippen molar-refractivity contribution >= 4 is 10.1 Å². The summed E-state index contributed by atoms with van der Waals surface area (Å²) in [4.78, 5) is 0. The third-order valence-corrected chi connectivity index (χ3v) is 2.66. The Balaban J connectivity index is 2.40. The first-order valence-corrected chi connectivity index (χ1v) is 7.16. The first kappa shape index (κ1) is 15.8. The summed E-state index contributed by atoms with van der Waals surface area (Å²) in [6.07, 6.45) is -2.80. The van der Waals surface area contributed by atoms with Gasteiger partial charge in [-0.1, -0.05) is 12.1 Å². The lowest BCUT2D eigenvalue weighted by atomic mass is 10.1. The highest BCUT2D eigenvalue weighted by Crippen LogP contribution is 2.22. The molecule has 4 nitrogen and oxygen atoms in total. The van der Waals surface area contributed by atoms with Crippen molar-refractivity contribution in [3.63, 3.8) is 0 Å². The van der Waals surface area contributed by atoms with Gasteiger partial charge in [0, 0.05) is 0 Å². The van der Waals surface area contributed by atoms with Crippen LogP contribution in [0.3, 0.4) is 0 Å². The smallest absolute Gasteiger partial charge is 0.406 e. The van der Waals surface area contributed by atoms with E-state index in [1.807, 2.05) is 0 Å². The molecule has 1 rings (SSSR count). The van der Waals surface area contributed by atoms with Crippen LogP contribution in [-0.2, 0) is 20.7 Å². The number of benzene rings is 1. The van der Waals surface area contributed by atoms with E-state index in [4.69, 9.17) is 0 Å². The second-order valence-corrected chi connectivity index (χ2v) is 5.47. The Kier molecular flexibility index (Phi) is 5.19. The van der Waals surface area contributed by atoms with Crippen LogP contribution in [0, 0.1) is 0 Å². The van der Waals surface area contributed by atoms with Crippen molar-refractivity contribution in [2.75, 3.05) is 12.9 Å². The topological polar surface area (TPSA) is 52.6 Å². The maximum absolute atomic E-state index is 11.9. The molecule has 1 aromatic carbocycles. The molecular formula is C11H13F3O4S. The first-order valence-electron chi connectivity index (χ1n) is 5.35. The van der Waals surface area contributed by atoms with Crippen LogP contribution in [0.1, 0.15) is 12.0 Å². The number of aryl methyl sites for hydroxylation is 1. The Morgan fingerprint density at radius 1 is 1.16 bits per heavy atom. The van der Waals surface area contributed by atoms with E-state index in [-0.39, 0.29) is 12.4 Å². The van der Waals surface area contributed by atoms with Gasteiger partial charge in [-0.15, -0.1) is 13.2 Å². The fourth-order valence-corrected chi connectivity index (χ4v) is 1.76. The van der Waals surface area contributed by atoms with Gasteiger partial charge in [0.1, 0.15) is 5.75 Å². The lowest BCUT2D eigenvalue weighted by molar-refractivity contribution is -0.274. The van der Waals surface area contributed by atoms with Gasteiger partial charge >= 0.3 is 6.36 Å². The standard InChI is InChI=1S/C11H13F3O4S/c1-19(15,16)17-8-2-3-9-4-6-10(7-5-9)18-11(12,13)14/h4-7H,2-3,8H2,1H3. The van der Waals surface area contributed by atoms with Gasteiger partial charge in [-0.2, -0.15) is 8.42 Å². The van der Waals surface area contributed by atoms with Crippen LogP contribution < -0.4 is 4.74 Å². The van der Waals surface area contributed by atoms with Crippen LogP contribution in [-0.4, -0.2) is 27.6 Å². The van der Waals surface area contributed by atoms with E-state index in [9.17, 15) is 21.6 Å². The summed E-state index contributed by atoms with van der Waals surface area (Å²) in [5, 5.41) is 0. The minimum absolute atomic E-state index is 0.0413. The fourth-order valence-electron chi connectivity index (χ4n) is 1.34. The van der Waals surface area contributed by atoms with Gasteiger partial charge in [0.15, 0.2) is 0 Å². The van der Waals surface area contributed by atoms with E-state index in [0.717, 1.165) is 11.8 Å². The van der Waals surface area contributed by atoms with Crippen molar-refractivity contribution in [3.8, 4) is 5.75 Å². The van der Waals surface area contributed by atoms with E-state index < -0.39 is 16.5 Å². The largest absolute Gasteiger partial charge is 0.573 e. The van der Waals surface area contributed by atoms with E-state index in [2.05, 4.69) is 8.92 Å². The minimum Gasteiger partial charge on any atom is -0.406 e. The number of hydrogen-bond donors (Lipinski definition) is 0. The molecule has 0 bridgehead atoms. The normalized spacial score (nSPS) is 12.4. The van der Waals surface area contributed by atoms with E-state index in [1.165, 1.54) is 24.3 Å². The van der Waals surface area contributed by atoms with Crippen LogP contribution in [0.4, 0.5) is 13.2 Å². The highest BCUT2D eigenvalue weighted by molar-refractivity contribution is 7.85. The molecule has 1 aromatic rings. The molecule has 0 unspecified atom stereocenters. The third-order valence-electron chi connectivity index (χ3n) is 2.06. The molecule has 0 saturated heterocycles. The molecule has 108 valence electrons. The molecular weight excluding hydrogens is 285 g/mol. The zero-order chi connectivity index (χ0) is 14.5. The fraction of sp³-hybridized carbons (Fsp3) is 0.455. The zero-order valence-electron chi connectivity index (χ0n) is 10.1. The van der Waals surface area contributed by atoms with Gasteiger partial charge in [-0.3, -0.25) is 4.18 Å². The second-order valence-electron chi connectivity index (χ2n) is 3.82. The monoisotopic (exact) mass is 298 g/mol. The molecule has 0 aliphatic carbocycles. The number of halogens is 3. The lowest BCUT2D eigenvalue weighted by Gasteiger charge is -2.09. The van der Waals surface area contributed by atoms with Gasteiger partial charge in [-0.05, 0) is 30.5 Å². The molecule has 8 heteroatoms. The zero-order valence-corrected chi connectivity index (χ0v) is 10.9. The molecule has 0 aliphatic rings. The van der Waals surface area contributed by atoms with Crippen molar-refractivity contribution < 1.29 is 30.5 Å². The van der Waals surface area contributed by atoms with Crippen molar-refractivity contribution in [1.82, 2.24) is 0 Å². The van der Waals surface area contributed by atoms with Crippen LogP contribution in [0.25, 0.3) is 0 Å². The average Bonchev–Trinajstić information content (AvgIpc) is 2.23. The van der Waals surface area contributed by atoms with E-state index in [0.29, 0.717) is 12.8 Å². The Hall–Kier alpha value is -1.28. The minimum atomic E-state index is -4.70. The summed E-state index contributed by atoms with van der Waals surface area (Å²) in [6.45, 7) is 0.0413. The lowest BCUT2D eigenvalue weighted by Crippen LogP contribution is -2.17. The number of ether oxygens (including phenoxy) is 1. The molecule has 0 spiro atoms. The Morgan fingerprint density at radius 3 is 2.21 bits per heavy atom. The number of hydrogen-bond acceptors (Lipinski definition) is 4. The molecule has 0 N–H and O–H groups in total. The Bertz CT molecular complexity index is 494. The summed E-state index contributed by atoms with van der Waals surface area (Å²) >= 11 is 0.